The topological polar surface area (TPSA) is 75.4 Å². The number of hydrogen-bond donors (Lipinski definition) is 1. The van der Waals surface area contributed by atoms with E-state index in [-0.39, 0.29) is 17.7 Å². The van der Waals surface area contributed by atoms with Crippen molar-refractivity contribution < 1.29 is 14.0 Å². The maximum Gasteiger partial charge on any atom is 0.224 e. The van der Waals surface area contributed by atoms with Crippen LogP contribution in [-0.2, 0) is 16.0 Å². The molecule has 2 aromatic rings. The fourth-order valence-corrected chi connectivity index (χ4v) is 3.62. The lowest BCUT2D eigenvalue weighted by molar-refractivity contribution is -0.135. The molecular weight excluding hydrogens is 378 g/mol. The SMILES string of the molecule is CCCNC(=O)C1CCCN(C(=O)CCc2ncc(-c3ccccc3Cl)o2)C1. The van der Waals surface area contributed by atoms with E-state index in [0.29, 0.717) is 49.1 Å². The third-order valence-electron chi connectivity index (χ3n) is 4.94. The van der Waals surface area contributed by atoms with E-state index < -0.39 is 0 Å². The van der Waals surface area contributed by atoms with Crippen LogP contribution in [0.3, 0.4) is 0 Å². The minimum atomic E-state index is -0.113. The molecule has 1 aromatic carbocycles. The van der Waals surface area contributed by atoms with Crippen LogP contribution in [0.2, 0.25) is 5.02 Å². The van der Waals surface area contributed by atoms with E-state index in [2.05, 4.69) is 10.3 Å². The summed E-state index contributed by atoms with van der Waals surface area (Å²) >= 11 is 6.19. The summed E-state index contributed by atoms with van der Waals surface area (Å²) < 4.78 is 5.76. The summed E-state index contributed by atoms with van der Waals surface area (Å²) in [5, 5.41) is 3.53. The van der Waals surface area contributed by atoms with E-state index in [1.165, 1.54) is 0 Å². The van der Waals surface area contributed by atoms with E-state index in [0.717, 1.165) is 24.8 Å². The summed E-state index contributed by atoms with van der Waals surface area (Å²) in [7, 11) is 0. The van der Waals surface area contributed by atoms with Gasteiger partial charge in [-0.05, 0) is 31.4 Å². The van der Waals surface area contributed by atoms with Crippen molar-refractivity contribution in [3.05, 3.63) is 41.4 Å². The van der Waals surface area contributed by atoms with Crippen molar-refractivity contribution >= 4 is 23.4 Å². The smallest absolute Gasteiger partial charge is 0.224 e. The third kappa shape index (κ3) is 5.13. The molecule has 28 heavy (non-hydrogen) atoms. The van der Waals surface area contributed by atoms with Gasteiger partial charge in [0.05, 0.1) is 17.1 Å². The average Bonchev–Trinajstić information content (AvgIpc) is 3.19. The number of halogens is 1. The first-order chi connectivity index (χ1) is 13.6. The van der Waals surface area contributed by atoms with Crippen LogP contribution in [-0.4, -0.2) is 41.3 Å². The van der Waals surface area contributed by atoms with Gasteiger partial charge in [-0.15, -0.1) is 0 Å². The van der Waals surface area contributed by atoms with Crippen LogP contribution in [0.1, 0.15) is 38.5 Å². The van der Waals surface area contributed by atoms with Gasteiger partial charge in [0.25, 0.3) is 0 Å². The second kappa shape index (κ2) is 9.73. The minimum absolute atomic E-state index is 0.0329. The normalized spacial score (nSPS) is 16.8. The Morgan fingerprint density at radius 3 is 2.96 bits per heavy atom. The van der Waals surface area contributed by atoms with Gasteiger partial charge < -0.3 is 14.6 Å². The predicted molar refractivity (Wildman–Crippen MR) is 108 cm³/mol. The first-order valence-corrected chi connectivity index (χ1v) is 10.2. The molecule has 1 aliphatic rings. The number of rotatable bonds is 7. The van der Waals surface area contributed by atoms with Gasteiger partial charge in [0.15, 0.2) is 11.7 Å². The molecule has 6 nitrogen and oxygen atoms in total. The van der Waals surface area contributed by atoms with E-state index >= 15 is 0 Å². The number of aryl methyl sites for hydroxylation is 1. The number of aromatic nitrogens is 1. The van der Waals surface area contributed by atoms with E-state index in [9.17, 15) is 9.59 Å². The van der Waals surface area contributed by atoms with Crippen LogP contribution in [0, 0.1) is 5.92 Å². The number of amides is 2. The van der Waals surface area contributed by atoms with E-state index in [1.54, 1.807) is 17.2 Å². The fourth-order valence-electron chi connectivity index (χ4n) is 3.39. The Morgan fingerprint density at radius 2 is 2.18 bits per heavy atom. The van der Waals surface area contributed by atoms with Crippen LogP contribution in [0.4, 0.5) is 0 Å². The largest absolute Gasteiger partial charge is 0.441 e. The zero-order chi connectivity index (χ0) is 19.9. The molecule has 1 saturated heterocycles. The molecule has 0 saturated carbocycles. The first kappa shape index (κ1) is 20.4. The quantitative estimate of drug-likeness (QED) is 0.764. The maximum atomic E-state index is 12.6. The summed E-state index contributed by atoms with van der Waals surface area (Å²) in [6.45, 7) is 3.90. The van der Waals surface area contributed by atoms with E-state index in [1.807, 2.05) is 25.1 Å². The second-order valence-electron chi connectivity index (χ2n) is 7.07. The molecular formula is C21H26ClN3O3. The van der Waals surface area contributed by atoms with Crippen molar-refractivity contribution in [1.29, 1.82) is 0 Å². The number of hydrogen-bond acceptors (Lipinski definition) is 4. The second-order valence-corrected chi connectivity index (χ2v) is 7.48. The number of oxazole rings is 1. The third-order valence-corrected chi connectivity index (χ3v) is 5.27. The molecule has 3 rings (SSSR count). The minimum Gasteiger partial charge on any atom is -0.441 e. The predicted octanol–water partition coefficient (Wildman–Crippen LogP) is 3.69. The van der Waals surface area contributed by atoms with Crippen LogP contribution in [0.15, 0.2) is 34.9 Å². The Kier molecular flexibility index (Phi) is 7.09. The van der Waals surface area contributed by atoms with Crippen molar-refractivity contribution in [2.45, 2.75) is 39.0 Å². The average molecular weight is 404 g/mol. The Hall–Kier alpha value is -2.34. The van der Waals surface area contributed by atoms with E-state index in [4.69, 9.17) is 16.0 Å². The molecule has 0 aliphatic carbocycles. The summed E-state index contributed by atoms with van der Waals surface area (Å²) in [6.07, 6.45) is 4.97. The Balaban J connectivity index is 1.53. The van der Waals surface area contributed by atoms with Crippen molar-refractivity contribution in [1.82, 2.24) is 15.2 Å². The fraction of sp³-hybridized carbons (Fsp3) is 0.476. The van der Waals surface area contributed by atoms with Gasteiger partial charge in [-0.25, -0.2) is 4.98 Å². The van der Waals surface area contributed by atoms with Crippen LogP contribution < -0.4 is 5.32 Å². The number of piperidine rings is 1. The van der Waals surface area contributed by atoms with Gasteiger partial charge in [0, 0.05) is 38.0 Å². The van der Waals surface area contributed by atoms with Gasteiger partial charge in [0.1, 0.15) is 0 Å². The number of carbonyl (C=O) groups is 2. The molecule has 0 radical (unpaired) electrons. The number of benzene rings is 1. The molecule has 150 valence electrons. The number of nitrogens with zero attached hydrogens (tertiary/aromatic N) is 2. The van der Waals surface area contributed by atoms with Crippen LogP contribution in [0.25, 0.3) is 11.3 Å². The van der Waals surface area contributed by atoms with Crippen LogP contribution >= 0.6 is 11.6 Å². The molecule has 2 amide bonds. The van der Waals surface area contributed by atoms with Gasteiger partial charge in [-0.3, -0.25) is 9.59 Å². The van der Waals surface area contributed by atoms with Crippen molar-refractivity contribution in [2.24, 2.45) is 5.92 Å². The summed E-state index contributed by atoms with van der Waals surface area (Å²) in [4.78, 5) is 30.8. The number of nitrogens with one attached hydrogen (secondary N) is 1. The molecule has 1 aliphatic heterocycles. The molecule has 1 atom stereocenters. The van der Waals surface area contributed by atoms with Gasteiger partial charge in [-0.2, -0.15) is 0 Å². The monoisotopic (exact) mass is 403 g/mol. The molecule has 2 heterocycles. The summed E-state index contributed by atoms with van der Waals surface area (Å²) in [6, 6.07) is 7.41. The Morgan fingerprint density at radius 1 is 1.36 bits per heavy atom. The lowest BCUT2D eigenvalue weighted by Gasteiger charge is -2.32. The summed E-state index contributed by atoms with van der Waals surface area (Å²) in [5.41, 5.74) is 0.784. The maximum absolute atomic E-state index is 12.6. The van der Waals surface area contributed by atoms with Gasteiger partial charge in [0.2, 0.25) is 11.8 Å². The lowest BCUT2D eigenvalue weighted by atomic mass is 9.96. The molecule has 1 fully saturated rings. The van der Waals surface area contributed by atoms with Crippen molar-refractivity contribution in [3.8, 4) is 11.3 Å². The highest BCUT2D eigenvalue weighted by Gasteiger charge is 2.28. The van der Waals surface area contributed by atoms with Crippen LogP contribution in [0.5, 0.6) is 0 Å². The Labute approximate surface area is 170 Å². The Bertz CT molecular complexity index is 821. The highest BCUT2D eigenvalue weighted by atomic mass is 35.5. The summed E-state index contributed by atoms with van der Waals surface area (Å²) in [5.74, 6) is 1.08. The highest BCUT2D eigenvalue weighted by molar-refractivity contribution is 6.33. The highest BCUT2D eigenvalue weighted by Crippen LogP contribution is 2.28. The molecule has 7 heteroatoms. The molecule has 1 aromatic heterocycles. The number of carbonyl (C=O) groups excluding carboxylic acids is 2. The number of likely N-dealkylation sites (tertiary alicyclic amines) is 1. The zero-order valence-corrected chi connectivity index (χ0v) is 16.9. The zero-order valence-electron chi connectivity index (χ0n) is 16.1. The van der Waals surface area contributed by atoms with Gasteiger partial charge in [-0.1, -0.05) is 30.7 Å². The molecule has 0 spiro atoms. The first-order valence-electron chi connectivity index (χ1n) is 9.83. The lowest BCUT2D eigenvalue weighted by Crippen LogP contribution is -2.45. The molecule has 1 unspecified atom stereocenters. The molecule has 0 bridgehead atoms. The van der Waals surface area contributed by atoms with Crippen molar-refractivity contribution in [3.63, 3.8) is 0 Å². The van der Waals surface area contributed by atoms with Gasteiger partial charge >= 0.3 is 0 Å². The molecule has 1 N–H and O–H groups in total. The van der Waals surface area contributed by atoms with Crippen molar-refractivity contribution in [2.75, 3.05) is 19.6 Å². The standard InChI is InChI=1S/C21H26ClN3O3/c1-2-11-23-21(27)15-6-5-12-25(14-15)20(26)10-9-19-24-13-18(28-19)16-7-3-4-8-17(16)22/h3-4,7-8,13,15H,2,5-6,9-12,14H2,1H3,(H,23,27).